The molecule has 4 rings (SSSR count). The van der Waals surface area contributed by atoms with Gasteiger partial charge < -0.3 is 19.9 Å². The van der Waals surface area contributed by atoms with Crippen LogP contribution in [0.25, 0.3) is 0 Å². The van der Waals surface area contributed by atoms with Crippen LogP contribution in [0.15, 0.2) is 42.5 Å². The van der Waals surface area contributed by atoms with E-state index in [1.54, 1.807) is 15.9 Å². The molecule has 2 fully saturated rings. The quantitative estimate of drug-likeness (QED) is 0.259. The first kappa shape index (κ1) is 29.4. The molecule has 40 heavy (non-hydrogen) atoms. The van der Waals surface area contributed by atoms with Gasteiger partial charge in [0.25, 0.3) is 5.69 Å². The highest BCUT2D eigenvalue weighted by Crippen LogP contribution is 2.38. The lowest BCUT2D eigenvalue weighted by atomic mass is 9.92. The van der Waals surface area contributed by atoms with Crippen molar-refractivity contribution in [3.8, 4) is 0 Å². The molecule has 8 nitrogen and oxygen atoms in total. The summed E-state index contributed by atoms with van der Waals surface area (Å²) in [6.07, 6.45) is -7.18. The fourth-order valence-electron chi connectivity index (χ4n) is 5.00. The zero-order chi connectivity index (χ0) is 29.1. The van der Waals surface area contributed by atoms with Crippen molar-refractivity contribution < 1.29 is 40.8 Å². The van der Waals surface area contributed by atoms with Gasteiger partial charge in [0.15, 0.2) is 0 Å². The Morgan fingerprint density at radius 1 is 0.950 bits per heavy atom. The summed E-state index contributed by atoms with van der Waals surface area (Å²) in [5, 5.41) is 13.9. The van der Waals surface area contributed by atoms with E-state index >= 15 is 0 Å². The van der Waals surface area contributed by atoms with E-state index in [4.69, 9.17) is 4.74 Å². The number of nitro benzene ring substituents is 1. The summed E-state index contributed by atoms with van der Waals surface area (Å²) in [7, 11) is 0. The molecule has 2 aromatic rings. The molecule has 0 aromatic heterocycles. The first-order valence-corrected chi connectivity index (χ1v) is 12.7. The first-order valence-electron chi connectivity index (χ1n) is 12.7. The summed E-state index contributed by atoms with van der Waals surface area (Å²) in [5.41, 5.74) is -2.44. The predicted molar refractivity (Wildman–Crippen MR) is 134 cm³/mol. The molecule has 0 radical (unpaired) electrons. The van der Waals surface area contributed by atoms with Gasteiger partial charge >= 0.3 is 12.4 Å². The fraction of sp³-hybridized carbons (Fsp3) is 0.500. The van der Waals surface area contributed by atoms with Crippen molar-refractivity contribution in [2.45, 2.75) is 50.2 Å². The zero-order valence-electron chi connectivity index (χ0n) is 21.3. The van der Waals surface area contributed by atoms with E-state index in [-0.39, 0.29) is 30.3 Å². The molecule has 1 saturated carbocycles. The van der Waals surface area contributed by atoms with Gasteiger partial charge in [-0.2, -0.15) is 26.3 Å². The molecule has 2 aromatic carbocycles. The number of rotatable bonds is 7. The Kier molecular flexibility index (Phi) is 8.76. The molecule has 1 saturated heterocycles. The van der Waals surface area contributed by atoms with Gasteiger partial charge in [-0.3, -0.25) is 14.9 Å². The molecule has 0 unspecified atom stereocenters. The van der Waals surface area contributed by atoms with Gasteiger partial charge in [-0.1, -0.05) is 6.07 Å². The summed E-state index contributed by atoms with van der Waals surface area (Å²) >= 11 is 0. The maximum absolute atomic E-state index is 13.2. The third kappa shape index (κ3) is 7.34. The van der Waals surface area contributed by atoms with Crippen LogP contribution in [-0.4, -0.2) is 60.7 Å². The van der Waals surface area contributed by atoms with Gasteiger partial charge in [0.2, 0.25) is 5.91 Å². The van der Waals surface area contributed by atoms with Crippen molar-refractivity contribution in [3.63, 3.8) is 0 Å². The number of nitrogens with one attached hydrogen (secondary N) is 1. The lowest BCUT2D eigenvalue weighted by Crippen LogP contribution is -2.50. The van der Waals surface area contributed by atoms with Crippen LogP contribution in [0.4, 0.5) is 43.4 Å². The van der Waals surface area contributed by atoms with Crippen LogP contribution in [0.2, 0.25) is 0 Å². The summed E-state index contributed by atoms with van der Waals surface area (Å²) in [6, 6.07) is 7.77. The highest BCUT2D eigenvalue weighted by Gasteiger charge is 2.38. The van der Waals surface area contributed by atoms with Crippen molar-refractivity contribution in [2.24, 2.45) is 0 Å². The number of hydrogen-bond donors (Lipinski definition) is 1. The minimum Gasteiger partial charge on any atom is -0.382 e. The van der Waals surface area contributed by atoms with E-state index in [2.05, 4.69) is 5.32 Å². The van der Waals surface area contributed by atoms with Crippen molar-refractivity contribution in [2.75, 3.05) is 43.0 Å². The van der Waals surface area contributed by atoms with Gasteiger partial charge in [-0.25, -0.2) is 0 Å². The van der Waals surface area contributed by atoms with Crippen molar-refractivity contribution in [3.05, 3.63) is 63.7 Å². The van der Waals surface area contributed by atoms with Crippen LogP contribution < -0.4 is 10.2 Å². The van der Waals surface area contributed by atoms with Crippen LogP contribution >= 0.6 is 0 Å². The van der Waals surface area contributed by atoms with Crippen molar-refractivity contribution in [1.82, 2.24) is 4.90 Å². The average molecular weight is 575 g/mol. The molecule has 1 aliphatic carbocycles. The number of carbonyl (C=O) groups excluding carboxylic acids is 1. The largest absolute Gasteiger partial charge is 0.423 e. The Morgan fingerprint density at radius 3 is 2.23 bits per heavy atom. The van der Waals surface area contributed by atoms with Crippen molar-refractivity contribution >= 4 is 23.0 Å². The van der Waals surface area contributed by atoms with E-state index in [1.807, 2.05) is 0 Å². The second-order valence-corrected chi connectivity index (χ2v) is 9.83. The molecule has 1 aliphatic heterocycles. The highest BCUT2D eigenvalue weighted by atomic mass is 19.4. The molecule has 1 heterocycles. The number of nitro groups is 1. The molecule has 0 atom stereocenters. The summed E-state index contributed by atoms with van der Waals surface area (Å²) in [5.74, 6) is -0.213. The Labute approximate surface area is 226 Å². The Balaban J connectivity index is 1.20. The van der Waals surface area contributed by atoms with Crippen LogP contribution in [0.3, 0.4) is 0 Å². The average Bonchev–Trinajstić information content (AvgIpc) is 2.91. The zero-order valence-corrected chi connectivity index (χ0v) is 21.3. The maximum atomic E-state index is 13.2. The maximum Gasteiger partial charge on any atom is 0.423 e. The molecule has 0 spiro atoms. The van der Waals surface area contributed by atoms with E-state index in [0.29, 0.717) is 57.5 Å². The molecule has 1 N–H and O–H groups in total. The molecule has 2 aliphatic rings. The minimum atomic E-state index is -4.86. The Hall–Kier alpha value is -3.55. The van der Waals surface area contributed by atoms with Gasteiger partial charge in [0.05, 0.1) is 16.6 Å². The summed E-state index contributed by atoms with van der Waals surface area (Å²) in [4.78, 5) is 25.9. The number of carbonyl (C=O) groups is 1. The highest BCUT2D eigenvalue weighted by molar-refractivity contribution is 5.77. The third-order valence-electron chi connectivity index (χ3n) is 7.16. The van der Waals surface area contributed by atoms with E-state index < -0.39 is 34.1 Å². The Morgan fingerprint density at radius 2 is 1.62 bits per heavy atom. The Bertz CT molecular complexity index is 1210. The number of halogens is 6. The van der Waals surface area contributed by atoms with Gasteiger partial charge in [-0.15, -0.1) is 0 Å². The predicted octanol–water partition coefficient (Wildman–Crippen LogP) is 5.72. The molecular formula is C26H28F6N4O4. The normalized spacial score (nSPS) is 20.4. The standard InChI is InChI=1S/C26H28F6N4O4/c27-25(28,29)17-2-1-3-20(14-17)34-10-12-35(13-11-34)24(37)16-40-21-7-4-18(5-8-21)33-19-6-9-23(36(38)39)22(15-19)26(30,31)32/h1-3,6,9,14-15,18,21,33H,4-5,7-8,10-13,16H2. The van der Waals surface area contributed by atoms with E-state index in [9.17, 15) is 41.3 Å². The van der Waals surface area contributed by atoms with Crippen LogP contribution in [0.1, 0.15) is 36.8 Å². The third-order valence-corrected chi connectivity index (χ3v) is 7.16. The number of alkyl halides is 6. The molecule has 14 heteroatoms. The first-order chi connectivity index (χ1) is 18.8. The summed E-state index contributed by atoms with van der Waals surface area (Å²) < 4.78 is 84.5. The monoisotopic (exact) mass is 574 g/mol. The number of piperazine rings is 1. The second-order valence-electron chi connectivity index (χ2n) is 9.83. The number of anilines is 2. The lowest BCUT2D eigenvalue weighted by Gasteiger charge is -2.36. The number of hydrogen-bond acceptors (Lipinski definition) is 6. The lowest BCUT2D eigenvalue weighted by molar-refractivity contribution is -0.388. The molecule has 218 valence electrons. The smallest absolute Gasteiger partial charge is 0.382 e. The van der Waals surface area contributed by atoms with Crippen LogP contribution in [0, 0.1) is 10.1 Å². The molecular weight excluding hydrogens is 546 g/mol. The van der Waals surface area contributed by atoms with Gasteiger partial charge in [0, 0.05) is 49.7 Å². The minimum absolute atomic E-state index is 0.135. The number of amides is 1. The number of ether oxygens (including phenoxy) is 1. The topological polar surface area (TPSA) is 87.9 Å². The molecule has 0 bridgehead atoms. The SMILES string of the molecule is O=C(COC1CCC(Nc2ccc([N+](=O)[O-])c(C(F)(F)F)c2)CC1)N1CCN(c2cccc(C(F)(F)F)c2)CC1. The van der Waals surface area contributed by atoms with Crippen molar-refractivity contribution in [1.29, 1.82) is 0 Å². The number of benzene rings is 2. The molecule has 1 amide bonds. The second kappa shape index (κ2) is 11.9. The summed E-state index contributed by atoms with van der Waals surface area (Å²) in [6.45, 7) is 1.35. The van der Waals surface area contributed by atoms with Gasteiger partial charge in [0.1, 0.15) is 12.2 Å². The number of nitrogens with zero attached hydrogens (tertiary/aromatic N) is 3. The van der Waals surface area contributed by atoms with E-state index in [1.165, 1.54) is 12.1 Å². The van der Waals surface area contributed by atoms with Gasteiger partial charge in [-0.05, 0) is 56.0 Å². The van der Waals surface area contributed by atoms with Crippen LogP contribution in [0.5, 0.6) is 0 Å². The fourth-order valence-corrected chi connectivity index (χ4v) is 5.00. The van der Waals surface area contributed by atoms with E-state index in [0.717, 1.165) is 24.3 Å². The van der Waals surface area contributed by atoms with Crippen LogP contribution in [-0.2, 0) is 21.9 Å².